The monoisotopic (exact) mass is 462 g/mol. The zero-order valence-corrected chi connectivity index (χ0v) is 17.4. The Morgan fingerprint density at radius 1 is 0.912 bits per heavy atom. The first-order valence-corrected chi connectivity index (χ1v) is 9.66. The molecule has 5 N–H and O–H groups in total. The van der Waals surface area contributed by atoms with Crippen LogP contribution in [-0.4, -0.2) is 38.3 Å². The lowest BCUT2D eigenvalue weighted by molar-refractivity contribution is -0.384. The molecule has 172 valence electrons. The van der Waals surface area contributed by atoms with Gasteiger partial charge < -0.3 is 20.6 Å². The van der Waals surface area contributed by atoms with E-state index in [1.165, 1.54) is 36.4 Å². The van der Waals surface area contributed by atoms with E-state index in [2.05, 4.69) is 15.8 Å². The van der Waals surface area contributed by atoms with Crippen molar-refractivity contribution in [2.45, 2.75) is 0 Å². The highest BCUT2D eigenvalue weighted by atomic mass is 16.6. The molecule has 0 saturated heterocycles. The van der Waals surface area contributed by atoms with E-state index in [9.17, 15) is 35.0 Å². The number of carbonyl (C=O) groups is 2. The normalized spacial score (nSPS) is 11.2. The molecule has 0 aromatic heterocycles. The number of hydrogen-bond acceptors (Lipinski definition) is 8. The summed E-state index contributed by atoms with van der Waals surface area (Å²) in [5.74, 6) is -3.33. The fourth-order valence-corrected chi connectivity index (χ4v) is 2.71. The van der Waals surface area contributed by atoms with Gasteiger partial charge >= 0.3 is 0 Å². The number of phenolic OH excluding ortho intramolecular Hbond substituents is 3. The van der Waals surface area contributed by atoms with Crippen LogP contribution in [0.3, 0.4) is 0 Å². The lowest BCUT2D eigenvalue weighted by Crippen LogP contribution is -2.32. The number of hydrogen-bond donors (Lipinski definition) is 5. The van der Waals surface area contributed by atoms with Crippen molar-refractivity contribution in [1.82, 2.24) is 10.7 Å². The zero-order chi connectivity index (χ0) is 24.7. The minimum Gasteiger partial charge on any atom is -0.504 e. The van der Waals surface area contributed by atoms with Gasteiger partial charge in [-0.25, -0.2) is 5.43 Å². The number of phenols is 3. The molecule has 0 aliphatic carbocycles. The molecule has 0 fully saturated rings. The molecule has 0 bridgehead atoms. The van der Waals surface area contributed by atoms with Crippen LogP contribution in [0.15, 0.2) is 77.5 Å². The number of nitrogens with one attached hydrogen (secondary N) is 2. The molecule has 3 rings (SSSR count). The number of nitro benzene ring substituents is 1. The molecule has 0 aliphatic heterocycles. The average molecular weight is 462 g/mol. The van der Waals surface area contributed by atoms with Crippen LogP contribution < -0.4 is 10.7 Å². The van der Waals surface area contributed by atoms with Crippen LogP contribution in [0.2, 0.25) is 0 Å². The van der Waals surface area contributed by atoms with Gasteiger partial charge in [-0.3, -0.25) is 19.7 Å². The summed E-state index contributed by atoms with van der Waals surface area (Å²) in [6.45, 7) is 0. The summed E-state index contributed by atoms with van der Waals surface area (Å²) in [6.07, 6.45) is 2.33. The van der Waals surface area contributed by atoms with Crippen LogP contribution in [0.4, 0.5) is 5.69 Å². The van der Waals surface area contributed by atoms with E-state index in [0.717, 1.165) is 12.3 Å². The fraction of sp³-hybridized carbons (Fsp3) is 0. The summed E-state index contributed by atoms with van der Waals surface area (Å²) in [6, 6.07) is 15.8. The van der Waals surface area contributed by atoms with Crippen molar-refractivity contribution < 1.29 is 29.8 Å². The molecule has 34 heavy (non-hydrogen) atoms. The summed E-state index contributed by atoms with van der Waals surface area (Å²) < 4.78 is 0. The summed E-state index contributed by atoms with van der Waals surface area (Å²) in [5.41, 5.74) is 2.52. The highest BCUT2D eigenvalue weighted by Gasteiger charge is 2.15. The number of amides is 2. The van der Waals surface area contributed by atoms with Crippen molar-refractivity contribution >= 4 is 29.8 Å². The van der Waals surface area contributed by atoms with Gasteiger partial charge in [-0.1, -0.05) is 18.2 Å². The standard InChI is InChI=1S/C23H18N4O7/c28-19-11-8-16(20(29)21(19)30)13-24-26-23(32)18(25-22(31)15-4-2-1-3-5-15)12-14-6-9-17(10-7-14)27(33)34/h1-13,28-30H,(H,25,31)(H,26,32)/b18-12-,24-13+. The van der Waals surface area contributed by atoms with Crippen LogP contribution in [0.1, 0.15) is 21.5 Å². The predicted molar refractivity (Wildman–Crippen MR) is 122 cm³/mol. The summed E-state index contributed by atoms with van der Waals surface area (Å²) >= 11 is 0. The Labute approximate surface area is 192 Å². The number of rotatable bonds is 7. The van der Waals surface area contributed by atoms with E-state index < -0.39 is 34.0 Å². The molecule has 0 unspecified atom stereocenters. The minimum absolute atomic E-state index is 0.00446. The molecular weight excluding hydrogens is 444 g/mol. The van der Waals surface area contributed by atoms with E-state index in [1.807, 2.05) is 0 Å². The first-order valence-electron chi connectivity index (χ1n) is 9.66. The van der Waals surface area contributed by atoms with Crippen LogP contribution in [0.25, 0.3) is 6.08 Å². The molecule has 0 spiro atoms. The van der Waals surface area contributed by atoms with Gasteiger partial charge in [0, 0.05) is 23.3 Å². The van der Waals surface area contributed by atoms with Crippen molar-refractivity contribution in [3.05, 3.63) is 99.2 Å². The number of nitrogens with zero attached hydrogens (tertiary/aromatic N) is 2. The van der Waals surface area contributed by atoms with Gasteiger partial charge in [-0.2, -0.15) is 5.10 Å². The molecule has 0 radical (unpaired) electrons. The molecule has 2 amide bonds. The Kier molecular flexibility index (Phi) is 7.19. The first kappa shape index (κ1) is 23.5. The molecule has 0 saturated carbocycles. The quantitative estimate of drug-likeness (QED) is 0.118. The van der Waals surface area contributed by atoms with Gasteiger partial charge in [0.1, 0.15) is 5.70 Å². The lowest BCUT2D eigenvalue weighted by Gasteiger charge is -2.09. The largest absolute Gasteiger partial charge is 0.504 e. The van der Waals surface area contributed by atoms with E-state index >= 15 is 0 Å². The maximum atomic E-state index is 12.7. The van der Waals surface area contributed by atoms with Gasteiger partial charge in [0.2, 0.25) is 5.75 Å². The number of nitro groups is 1. The third-order valence-electron chi connectivity index (χ3n) is 4.47. The lowest BCUT2D eigenvalue weighted by atomic mass is 10.1. The van der Waals surface area contributed by atoms with Gasteiger partial charge in [0.15, 0.2) is 11.5 Å². The number of non-ortho nitro benzene ring substituents is 1. The van der Waals surface area contributed by atoms with Crippen molar-refractivity contribution in [3.63, 3.8) is 0 Å². The van der Waals surface area contributed by atoms with Crippen molar-refractivity contribution in [3.8, 4) is 17.2 Å². The minimum atomic E-state index is -0.832. The molecule has 0 heterocycles. The van der Waals surface area contributed by atoms with Gasteiger partial charge in [0.25, 0.3) is 17.5 Å². The Balaban J connectivity index is 1.84. The molecule has 0 atom stereocenters. The average Bonchev–Trinajstić information content (AvgIpc) is 2.84. The number of carbonyl (C=O) groups excluding carboxylic acids is 2. The highest BCUT2D eigenvalue weighted by molar-refractivity contribution is 6.05. The fourth-order valence-electron chi connectivity index (χ4n) is 2.71. The van der Waals surface area contributed by atoms with Crippen LogP contribution >= 0.6 is 0 Å². The summed E-state index contributed by atoms with van der Waals surface area (Å²) in [5, 5.41) is 45.8. The van der Waals surface area contributed by atoms with E-state index in [4.69, 9.17) is 0 Å². The van der Waals surface area contributed by atoms with Gasteiger partial charge in [0.05, 0.1) is 11.1 Å². The van der Waals surface area contributed by atoms with Crippen molar-refractivity contribution in [2.24, 2.45) is 5.10 Å². The van der Waals surface area contributed by atoms with Crippen LogP contribution in [-0.2, 0) is 4.79 Å². The second kappa shape index (κ2) is 10.4. The number of benzene rings is 3. The van der Waals surface area contributed by atoms with Crippen molar-refractivity contribution in [1.29, 1.82) is 0 Å². The zero-order valence-electron chi connectivity index (χ0n) is 17.4. The van der Waals surface area contributed by atoms with E-state index in [1.54, 1.807) is 30.3 Å². The Hall–Kier alpha value is -5.19. The SMILES string of the molecule is O=C(N/N=C/c1ccc(O)c(O)c1O)/C(=C/c1ccc([N+](=O)[O-])cc1)NC(=O)c1ccccc1. The third-order valence-corrected chi connectivity index (χ3v) is 4.47. The maximum Gasteiger partial charge on any atom is 0.287 e. The van der Waals surface area contributed by atoms with E-state index in [-0.39, 0.29) is 22.5 Å². The van der Waals surface area contributed by atoms with Crippen LogP contribution in [0, 0.1) is 10.1 Å². The topological polar surface area (TPSA) is 174 Å². The highest BCUT2D eigenvalue weighted by Crippen LogP contribution is 2.36. The summed E-state index contributed by atoms with van der Waals surface area (Å²) in [7, 11) is 0. The number of hydrazone groups is 1. The van der Waals surface area contributed by atoms with Crippen LogP contribution in [0.5, 0.6) is 17.2 Å². The van der Waals surface area contributed by atoms with E-state index in [0.29, 0.717) is 5.56 Å². The van der Waals surface area contributed by atoms with Crippen molar-refractivity contribution in [2.75, 3.05) is 0 Å². The molecular formula is C23H18N4O7. The van der Waals surface area contributed by atoms with Gasteiger partial charge in [-0.15, -0.1) is 0 Å². The Bertz CT molecular complexity index is 1290. The molecule has 11 heteroatoms. The summed E-state index contributed by atoms with van der Waals surface area (Å²) in [4.78, 5) is 35.6. The van der Waals surface area contributed by atoms with Gasteiger partial charge in [-0.05, 0) is 48.0 Å². The molecule has 3 aromatic rings. The number of aromatic hydroxyl groups is 3. The Morgan fingerprint density at radius 3 is 2.24 bits per heavy atom. The molecule has 3 aromatic carbocycles. The second-order valence-corrected chi connectivity index (χ2v) is 6.80. The predicted octanol–water partition coefficient (Wildman–Crippen LogP) is 2.63. The maximum absolute atomic E-state index is 12.7. The first-order chi connectivity index (χ1) is 16.3. The molecule has 11 nitrogen and oxygen atoms in total. The molecule has 0 aliphatic rings. The second-order valence-electron chi connectivity index (χ2n) is 6.80. The smallest absolute Gasteiger partial charge is 0.287 e. The Morgan fingerprint density at radius 2 is 1.59 bits per heavy atom. The third kappa shape index (κ3) is 5.73.